The first-order valence-corrected chi connectivity index (χ1v) is 7.27. The van der Waals surface area contributed by atoms with Gasteiger partial charge in [0.05, 0.1) is 11.0 Å². The number of nitro benzene ring substituents is 1. The number of thioether (sulfide) groups is 1. The molecule has 1 unspecified atom stereocenters. The monoisotopic (exact) mass is 281 g/mol. The summed E-state index contributed by atoms with van der Waals surface area (Å²) in [6, 6.07) is 4.81. The van der Waals surface area contributed by atoms with E-state index in [9.17, 15) is 10.1 Å². The highest BCUT2D eigenvalue weighted by atomic mass is 32.2. The maximum Gasteiger partial charge on any atom is 0.295 e. The van der Waals surface area contributed by atoms with E-state index in [-0.39, 0.29) is 5.69 Å². The zero-order chi connectivity index (χ0) is 13.8. The summed E-state index contributed by atoms with van der Waals surface area (Å²) in [6.45, 7) is 2.90. The first kappa shape index (κ1) is 13.7. The van der Waals surface area contributed by atoms with Gasteiger partial charge in [0.1, 0.15) is 5.52 Å². The number of nitrogens with zero attached hydrogens (tertiary/aromatic N) is 2. The van der Waals surface area contributed by atoms with Crippen molar-refractivity contribution in [2.75, 3.05) is 23.9 Å². The van der Waals surface area contributed by atoms with Crippen molar-refractivity contribution < 1.29 is 9.34 Å². The molecule has 6 nitrogen and oxygen atoms in total. The average molecular weight is 281 g/mol. The van der Waals surface area contributed by atoms with E-state index in [0.29, 0.717) is 23.0 Å². The van der Waals surface area contributed by atoms with Gasteiger partial charge < -0.3 is 9.73 Å². The first-order chi connectivity index (χ1) is 9.10. The van der Waals surface area contributed by atoms with Gasteiger partial charge in [-0.05, 0) is 24.0 Å². The largest absolute Gasteiger partial charge is 0.423 e. The van der Waals surface area contributed by atoms with Gasteiger partial charge in [-0.1, -0.05) is 6.92 Å². The summed E-state index contributed by atoms with van der Waals surface area (Å²) < 4.78 is 5.45. The highest BCUT2D eigenvalue weighted by molar-refractivity contribution is 7.98. The summed E-state index contributed by atoms with van der Waals surface area (Å²) in [5.41, 5.74) is 1.05. The lowest BCUT2D eigenvalue weighted by molar-refractivity contribution is -0.384. The summed E-state index contributed by atoms with van der Waals surface area (Å²) in [6.07, 6.45) is 2.06. The fraction of sp³-hybridized carbons (Fsp3) is 0.417. The van der Waals surface area contributed by atoms with Crippen LogP contribution in [0.2, 0.25) is 0 Å². The number of hydrogen-bond acceptors (Lipinski definition) is 6. The van der Waals surface area contributed by atoms with E-state index in [4.69, 9.17) is 4.42 Å². The number of nitro groups is 1. The zero-order valence-electron chi connectivity index (χ0n) is 10.8. The number of benzene rings is 1. The van der Waals surface area contributed by atoms with Gasteiger partial charge in [0.15, 0.2) is 5.58 Å². The Morgan fingerprint density at radius 2 is 2.37 bits per heavy atom. The Hall–Kier alpha value is -1.76. The van der Waals surface area contributed by atoms with E-state index in [1.54, 1.807) is 17.8 Å². The van der Waals surface area contributed by atoms with Crippen LogP contribution in [0.15, 0.2) is 22.6 Å². The topological polar surface area (TPSA) is 81.2 Å². The maximum atomic E-state index is 10.7. The van der Waals surface area contributed by atoms with Crippen LogP contribution < -0.4 is 5.32 Å². The molecule has 0 radical (unpaired) electrons. The maximum absolute atomic E-state index is 10.7. The fourth-order valence-corrected chi connectivity index (χ4v) is 2.39. The fourth-order valence-electron chi connectivity index (χ4n) is 1.71. The van der Waals surface area contributed by atoms with E-state index in [2.05, 4.69) is 23.5 Å². The summed E-state index contributed by atoms with van der Waals surface area (Å²) in [5.74, 6) is 1.55. The van der Waals surface area contributed by atoms with Crippen molar-refractivity contribution in [3.05, 3.63) is 28.3 Å². The highest BCUT2D eigenvalue weighted by Gasteiger charge is 2.12. The van der Waals surface area contributed by atoms with Gasteiger partial charge in [0.2, 0.25) is 0 Å². The Morgan fingerprint density at radius 3 is 3.05 bits per heavy atom. The van der Waals surface area contributed by atoms with E-state index >= 15 is 0 Å². The predicted octanol–water partition coefficient (Wildman–Crippen LogP) is 3.15. The molecule has 19 heavy (non-hydrogen) atoms. The quantitative estimate of drug-likeness (QED) is 0.647. The standard InChI is InChI=1S/C12H15N3O3S/c1-8(7-19-2)6-13-12-14-10-4-3-9(15(16)17)5-11(10)18-12/h3-5,8H,6-7H2,1-2H3,(H,13,14). The van der Waals surface area contributed by atoms with Gasteiger partial charge >= 0.3 is 0 Å². The Kier molecular flexibility index (Phi) is 4.26. The molecule has 7 heteroatoms. The van der Waals surface area contributed by atoms with Crippen LogP contribution in [0.4, 0.5) is 11.7 Å². The van der Waals surface area contributed by atoms with Crippen LogP contribution in [0.25, 0.3) is 11.1 Å². The van der Waals surface area contributed by atoms with Crippen LogP contribution in [0, 0.1) is 16.0 Å². The lowest BCUT2D eigenvalue weighted by Gasteiger charge is -2.08. The molecule has 1 atom stereocenters. The number of rotatable bonds is 6. The molecule has 0 aliphatic carbocycles. The van der Waals surface area contributed by atoms with E-state index in [1.165, 1.54) is 12.1 Å². The van der Waals surface area contributed by atoms with Crippen molar-refractivity contribution in [1.82, 2.24) is 4.98 Å². The Balaban J connectivity index is 2.11. The van der Waals surface area contributed by atoms with E-state index in [1.807, 2.05) is 0 Å². The lowest BCUT2D eigenvalue weighted by Crippen LogP contribution is -2.13. The molecular weight excluding hydrogens is 266 g/mol. The van der Waals surface area contributed by atoms with Gasteiger partial charge in [-0.25, -0.2) is 0 Å². The summed E-state index contributed by atoms with van der Waals surface area (Å²) in [5, 5.41) is 13.8. The molecule has 1 N–H and O–H groups in total. The second-order valence-corrected chi connectivity index (χ2v) is 5.28. The van der Waals surface area contributed by atoms with Crippen LogP contribution in [0.1, 0.15) is 6.92 Å². The summed E-state index contributed by atoms with van der Waals surface area (Å²) >= 11 is 1.79. The van der Waals surface area contributed by atoms with Gasteiger partial charge in [0, 0.05) is 12.6 Å². The van der Waals surface area contributed by atoms with Gasteiger partial charge in [-0.15, -0.1) is 0 Å². The SMILES string of the molecule is CSCC(C)CNc1nc2ccc([N+](=O)[O-])cc2o1. The summed E-state index contributed by atoms with van der Waals surface area (Å²) in [4.78, 5) is 14.5. The Labute approximate surface area is 114 Å². The third kappa shape index (κ3) is 3.37. The van der Waals surface area contributed by atoms with Gasteiger partial charge in [-0.2, -0.15) is 16.7 Å². The van der Waals surface area contributed by atoms with Crippen molar-refractivity contribution in [1.29, 1.82) is 0 Å². The number of aromatic nitrogens is 1. The van der Waals surface area contributed by atoms with Crippen molar-refractivity contribution in [3.63, 3.8) is 0 Å². The number of anilines is 1. The molecule has 0 saturated heterocycles. The Bertz CT molecular complexity index is 585. The minimum Gasteiger partial charge on any atom is -0.423 e. The number of non-ortho nitro benzene ring substituents is 1. The molecule has 1 heterocycles. The van der Waals surface area contributed by atoms with Crippen LogP contribution in [0.5, 0.6) is 0 Å². The number of hydrogen-bond donors (Lipinski definition) is 1. The van der Waals surface area contributed by atoms with Crippen molar-refractivity contribution in [3.8, 4) is 0 Å². The second-order valence-electron chi connectivity index (χ2n) is 4.37. The summed E-state index contributed by atoms with van der Waals surface area (Å²) in [7, 11) is 0. The number of nitrogens with one attached hydrogen (secondary N) is 1. The van der Waals surface area contributed by atoms with Crippen molar-refractivity contribution in [2.24, 2.45) is 5.92 Å². The molecule has 2 aromatic rings. The normalized spacial score (nSPS) is 12.5. The molecule has 2 rings (SSSR count). The molecule has 0 bridgehead atoms. The van der Waals surface area contributed by atoms with Crippen molar-refractivity contribution >= 4 is 34.6 Å². The molecule has 1 aromatic carbocycles. The smallest absolute Gasteiger partial charge is 0.295 e. The molecule has 102 valence electrons. The minimum absolute atomic E-state index is 0.00551. The molecule has 0 amide bonds. The number of fused-ring (bicyclic) bond motifs is 1. The predicted molar refractivity (Wildman–Crippen MR) is 76.7 cm³/mol. The third-order valence-corrected chi connectivity index (χ3v) is 3.54. The molecule has 1 aromatic heterocycles. The molecule has 0 aliphatic heterocycles. The van der Waals surface area contributed by atoms with Gasteiger partial charge in [-0.3, -0.25) is 10.1 Å². The molecule has 0 spiro atoms. The van der Waals surface area contributed by atoms with E-state index in [0.717, 1.165) is 12.3 Å². The molecule has 0 fully saturated rings. The Morgan fingerprint density at radius 1 is 1.58 bits per heavy atom. The van der Waals surface area contributed by atoms with Gasteiger partial charge in [0.25, 0.3) is 11.7 Å². The molecule has 0 aliphatic rings. The third-order valence-electron chi connectivity index (χ3n) is 2.64. The van der Waals surface area contributed by atoms with Crippen LogP contribution in [-0.2, 0) is 0 Å². The van der Waals surface area contributed by atoms with Crippen LogP contribution in [0.3, 0.4) is 0 Å². The zero-order valence-corrected chi connectivity index (χ0v) is 11.6. The van der Waals surface area contributed by atoms with Crippen LogP contribution >= 0.6 is 11.8 Å². The average Bonchev–Trinajstić information content (AvgIpc) is 2.78. The second kappa shape index (κ2) is 5.92. The molecular formula is C12H15N3O3S. The van der Waals surface area contributed by atoms with Crippen molar-refractivity contribution in [2.45, 2.75) is 6.92 Å². The molecule has 0 saturated carbocycles. The highest BCUT2D eigenvalue weighted by Crippen LogP contribution is 2.23. The first-order valence-electron chi connectivity index (χ1n) is 5.88. The number of oxazole rings is 1. The van der Waals surface area contributed by atoms with E-state index < -0.39 is 4.92 Å². The lowest BCUT2D eigenvalue weighted by atomic mass is 10.2. The minimum atomic E-state index is -0.449. The van der Waals surface area contributed by atoms with Crippen LogP contribution in [-0.4, -0.2) is 28.5 Å².